The number of rotatable bonds is 7. The molecule has 0 bridgehead atoms. The van der Waals surface area contributed by atoms with Crippen molar-refractivity contribution in [3.8, 4) is 11.5 Å². The van der Waals surface area contributed by atoms with Gasteiger partial charge in [-0.15, -0.1) is 0 Å². The molecule has 0 atom stereocenters. The Morgan fingerprint density at radius 1 is 1.09 bits per heavy atom. The van der Waals surface area contributed by atoms with E-state index in [0.29, 0.717) is 27.7 Å². The molecule has 2 aromatic rings. The van der Waals surface area contributed by atoms with Crippen molar-refractivity contribution in [2.24, 2.45) is 5.92 Å². The lowest BCUT2D eigenvalue weighted by Crippen LogP contribution is -2.37. The fourth-order valence-electron chi connectivity index (χ4n) is 3.22. The van der Waals surface area contributed by atoms with Crippen LogP contribution in [0.15, 0.2) is 47.4 Å². The predicted octanol–water partition coefficient (Wildman–Crippen LogP) is 3.48. The minimum atomic E-state index is -0.410. The minimum absolute atomic E-state index is 0.0530. The van der Waals surface area contributed by atoms with Crippen LogP contribution in [0.25, 0.3) is 6.08 Å². The molecule has 4 rings (SSSR count). The highest BCUT2D eigenvalue weighted by Gasteiger charge is 2.34. The zero-order valence-corrected chi connectivity index (χ0v) is 19.4. The van der Waals surface area contributed by atoms with Crippen molar-refractivity contribution in [1.29, 1.82) is 0 Å². The van der Waals surface area contributed by atoms with Crippen LogP contribution in [-0.2, 0) is 9.59 Å². The van der Waals surface area contributed by atoms with Gasteiger partial charge < -0.3 is 20.1 Å². The number of anilines is 1. The van der Waals surface area contributed by atoms with E-state index in [2.05, 4.69) is 10.6 Å². The lowest BCUT2D eigenvalue weighted by molar-refractivity contribution is -0.122. The Kier molecular flexibility index (Phi) is 6.87. The first-order valence-corrected chi connectivity index (χ1v) is 11.5. The summed E-state index contributed by atoms with van der Waals surface area (Å²) < 4.78 is 10.6. The van der Waals surface area contributed by atoms with Crippen molar-refractivity contribution in [3.63, 3.8) is 0 Å². The molecule has 2 heterocycles. The minimum Gasteiger partial charge on any atom is -0.454 e. The van der Waals surface area contributed by atoms with Crippen LogP contribution in [0.3, 0.4) is 0 Å². The number of nitrogens with zero attached hydrogens (tertiary/aromatic N) is 1. The highest BCUT2D eigenvalue weighted by Crippen LogP contribution is 2.36. The fraction of sp³-hybridized carbons (Fsp3) is 0.250. The van der Waals surface area contributed by atoms with Crippen LogP contribution >= 0.6 is 11.8 Å². The lowest BCUT2D eigenvalue weighted by atomic mass is 10.1. The molecule has 9 nitrogen and oxygen atoms in total. The zero-order chi connectivity index (χ0) is 24.2. The molecule has 2 N–H and O–H groups in total. The Balaban J connectivity index is 1.30. The van der Waals surface area contributed by atoms with E-state index in [-0.39, 0.29) is 37.6 Å². The summed E-state index contributed by atoms with van der Waals surface area (Å²) in [5, 5.41) is 5.07. The number of amides is 4. The summed E-state index contributed by atoms with van der Waals surface area (Å²) in [6.07, 6.45) is 1.63. The Labute approximate surface area is 200 Å². The van der Waals surface area contributed by atoms with E-state index >= 15 is 0 Å². The van der Waals surface area contributed by atoms with Crippen molar-refractivity contribution in [2.75, 3.05) is 25.2 Å². The maximum absolute atomic E-state index is 12.7. The SMILES string of the molecule is CC(C)C(=O)Nc1ccc(C(=O)NCCN2C(=O)S/C(=C\c3ccc4c(c3)OCO4)C2=O)cc1. The second kappa shape index (κ2) is 10.0. The van der Waals surface area contributed by atoms with Gasteiger partial charge in [-0.25, -0.2) is 0 Å². The van der Waals surface area contributed by atoms with E-state index in [1.165, 1.54) is 0 Å². The van der Waals surface area contributed by atoms with Gasteiger partial charge in [0.2, 0.25) is 12.7 Å². The molecule has 10 heteroatoms. The zero-order valence-electron chi connectivity index (χ0n) is 18.6. The first-order valence-electron chi connectivity index (χ1n) is 10.7. The van der Waals surface area contributed by atoms with Gasteiger partial charge in [0, 0.05) is 30.3 Å². The van der Waals surface area contributed by atoms with Crippen LogP contribution in [-0.4, -0.2) is 47.7 Å². The Morgan fingerprint density at radius 2 is 1.82 bits per heavy atom. The number of ether oxygens (including phenoxy) is 2. The molecule has 1 fully saturated rings. The van der Waals surface area contributed by atoms with Gasteiger partial charge in [0.15, 0.2) is 11.5 Å². The van der Waals surface area contributed by atoms with Crippen LogP contribution in [0.1, 0.15) is 29.8 Å². The number of benzene rings is 2. The summed E-state index contributed by atoms with van der Waals surface area (Å²) in [4.78, 5) is 50.6. The number of hydrogen-bond donors (Lipinski definition) is 2. The summed E-state index contributed by atoms with van der Waals surface area (Å²) in [6.45, 7) is 3.90. The summed E-state index contributed by atoms with van der Waals surface area (Å²) >= 11 is 0.853. The molecule has 0 spiro atoms. The Hall–Kier alpha value is -3.79. The summed E-state index contributed by atoms with van der Waals surface area (Å²) in [5.74, 6) is 0.213. The van der Waals surface area contributed by atoms with Gasteiger partial charge in [-0.1, -0.05) is 19.9 Å². The van der Waals surface area contributed by atoms with Crippen LogP contribution in [0.4, 0.5) is 10.5 Å². The Bertz CT molecular complexity index is 1180. The van der Waals surface area contributed by atoms with E-state index in [1.807, 2.05) is 0 Å². The average Bonchev–Trinajstić information content (AvgIpc) is 3.38. The maximum Gasteiger partial charge on any atom is 0.293 e. The summed E-state index contributed by atoms with van der Waals surface area (Å²) in [5.41, 5.74) is 1.72. The first-order chi connectivity index (χ1) is 16.3. The number of imide groups is 1. The molecule has 2 aliphatic rings. The van der Waals surface area contributed by atoms with Crippen LogP contribution in [0.2, 0.25) is 0 Å². The van der Waals surface area contributed by atoms with Crippen LogP contribution in [0, 0.1) is 5.92 Å². The van der Waals surface area contributed by atoms with E-state index in [1.54, 1.807) is 62.4 Å². The van der Waals surface area contributed by atoms with E-state index in [9.17, 15) is 19.2 Å². The largest absolute Gasteiger partial charge is 0.454 e. The smallest absolute Gasteiger partial charge is 0.293 e. The molecule has 0 saturated carbocycles. The number of carbonyl (C=O) groups is 4. The quantitative estimate of drug-likeness (QED) is 0.582. The van der Waals surface area contributed by atoms with E-state index in [0.717, 1.165) is 22.2 Å². The monoisotopic (exact) mass is 481 g/mol. The molecule has 0 aliphatic carbocycles. The number of carbonyl (C=O) groups excluding carboxylic acids is 4. The number of hydrogen-bond acceptors (Lipinski definition) is 7. The highest BCUT2D eigenvalue weighted by atomic mass is 32.2. The standard InChI is InChI=1S/C24H23N3O6S/c1-14(2)21(28)26-17-6-4-16(5-7-17)22(29)25-9-10-27-23(30)20(34-24(27)31)12-15-3-8-18-19(11-15)33-13-32-18/h3-8,11-12,14H,9-10,13H2,1-2H3,(H,25,29)(H,26,28)/b20-12-. The van der Waals surface area contributed by atoms with Crippen LogP contribution in [0.5, 0.6) is 11.5 Å². The van der Waals surface area contributed by atoms with Gasteiger partial charge >= 0.3 is 0 Å². The van der Waals surface area contributed by atoms with Crippen molar-refractivity contribution < 1.29 is 28.7 Å². The molecule has 34 heavy (non-hydrogen) atoms. The number of fused-ring (bicyclic) bond motifs is 1. The molecule has 1 saturated heterocycles. The van der Waals surface area contributed by atoms with E-state index in [4.69, 9.17) is 9.47 Å². The third-order valence-electron chi connectivity index (χ3n) is 5.13. The molecule has 0 unspecified atom stereocenters. The second-order valence-corrected chi connectivity index (χ2v) is 8.92. The second-order valence-electron chi connectivity index (χ2n) is 7.92. The first kappa shape index (κ1) is 23.4. The molecule has 0 aromatic heterocycles. The van der Waals surface area contributed by atoms with Crippen LogP contribution < -0.4 is 20.1 Å². The van der Waals surface area contributed by atoms with Gasteiger partial charge in [-0.2, -0.15) is 0 Å². The van der Waals surface area contributed by atoms with Gasteiger partial charge in [-0.05, 0) is 59.8 Å². The average molecular weight is 482 g/mol. The lowest BCUT2D eigenvalue weighted by Gasteiger charge is -2.13. The van der Waals surface area contributed by atoms with Crippen molar-refractivity contribution in [3.05, 3.63) is 58.5 Å². The summed E-state index contributed by atoms with van der Waals surface area (Å²) in [6, 6.07) is 11.8. The molecule has 176 valence electrons. The van der Waals surface area contributed by atoms with Gasteiger partial charge in [0.25, 0.3) is 17.1 Å². The van der Waals surface area contributed by atoms with Crippen molar-refractivity contribution >= 4 is 46.5 Å². The number of thioether (sulfide) groups is 1. The van der Waals surface area contributed by atoms with Crippen molar-refractivity contribution in [1.82, 2.24) is 10.2 Å². The normalized spacial score (nSPS) is 15.9. The number of nitrogens with one attached hydrogen (secondary N) is 2. The molecule has 2 aliphatic heterocycles. The fourth-order valence-corrected chi connectivity index (χ4v) is 4.09. The van der Waals surface area contributed by atoms with Gasteiger partial charge in [0.05, 0.1) is 4.91 Å². The van der Waals surface area contributed by atoms with E-state index < -0.39 is 11.1 Å². The summed E-state index contributed by atoms with van der Waals surface area (Å²) in [7, 11) is 0. The topological polar surface area (TPSA) is 114 Å². The molecule has 0 radical (unpaired) electrons. The molecular weight excluding hydrogens is 458 g/mol. The molecular formula is C24H23N3O6S. The molecule has 2 aromatic carbocycles. The van der Waals surface area contributed by atoms with Gasteiger partial charge in [-0.3, -0.25) is 24.1 Å². The van der Waals surface area contributed by atoms with Crippen molar-refractivity contribution in [2.45, 2.75) is 13.8 Å². The maximum atomic E-state index is 12.7. The Morgan fingerprint density at radius 3 is 2.56 bits per heavy atom. The highest BCUT2D eigenvalue weighted by molar-refractivity contribution is 8.18. The van der Waals surface area contributed by atoms with Gasteiger partial charge in [0.1, 0.15) is 0 Å². The molecule has 4 amide bonds. The predicted molar refractivity (Wildman–Crippen MR) is 127 cm³/mol. The third-order valence-corrected chi connectivity index (χ3v) is 6.04. The third kappa shape index (κ3) is 5.23.